The average molecular weight is 543 g/mol. The lowest BCUT2D eigenvalue weighted by Crippen LogP contribution is -2.87. The molecule has 40 heavy (non-hydrogen) atoms. The van der Waals surface area contributed by atoms with Crippen molar-refractivity contribution in [2.24, 2.45) is 0 Å². The first-order valence-electron chi connectivity index (χ1n) is 14.9. The SMILES string of the molecule is Cc1ccc(C23CC(c4ccc(C)cc4)(C2)C3S(=O)C2C3(c4ccc(C)cc4)CC2(c2ccc(C)cc2)C3)cc1. The highest BCUT2D eigenvalue weighted by Crippen LogP contribution is 2.81. The van der Waals surface area contributed by atoms with Crippen LogP contribution in [0.1, 0.15) is 70.2 Å². The van der Waals surface area contributed by atoms with Crippen molar-refractivity contribution in [3.63, 3.8) is 0 Å². The van der Waals surface area contributed by atoms with Crippen molar-refractivity contribution < 1.29 is 4.21 Å². The zero-order chi connectivity index (χ0) is 27.5. The van der Waals surface area contributed by atoms with E-state index in [1.165, 1.54) is 44.5 Å². The Kier molecular flexibility index (Phi) is 5.00. The second-order valence-corrected chi connectivity index (χ2v) is 15.5. The summed E-state index contributed by atoms with van der Waals surface area (Å²) in [6.45, 7) is 8.64. The molecule has 6 aliphatic carbocycles. The monoisotopic (exact) mass is 542 g/mol. The lowest BCUT2D eigenvalue weighted by atomic mass is 9.31. The van der Waals surface area contributed by atoms with Gasteiger partial charge in [-0.1, -0.05) is 119 Å². The number of hydrogen-bond acceptors (Lipinski definition) is 1. The van der Waals surface area contributed by atoms with E-state index in [0.717, 1.165) is 25.7 Å². The predicted molar refractivity (Wildman–Crippen MR) is 166 cm³/mol. The molecule has 4 aromatic rings. The van der Waals surface area contributed by atoms with Gasteiger partial charge in [0.05, 0.1) is 10.5 Å². The molecule has 0 aliphatic heterocycles. The van der Waals surface area contributed by atoms with Crippen molar-refractivity contribution in [3.05, 3.63) is 142 Å². The summed E-state index contributed by atoms with van der Waals surface area (Å²) in [5, 5.41) is 0.316. The van der Waals surface area contributed by atoms with Crippen molar-refractivity contribution >= 4 is 10.8 Å². The molecule has 1 nitrogen and oxygen atoms in total. The first kappa shape index (κ1) is 24.8. The van der Waals surface area contributed by atoms with E-state index in [4.69, 9.17) is 0 Å². The summed E-state index contributed by atoms with van der Waals surface area (Å²) in [4.78, 5) is 0. The molecule has 202 valence electrons. The fourth-order valence-electron chi connectivity index (χ4n) is 9.41. The van der Waals surface area contributed by atoms with Crippen LogP contribution in [-0.2, 0) is 32.5 Å². The van der Waals surface area contributed by atoms with Gasteiger partial charge < -0.3 is 0 Å². The van der Waals surface area contributed by atoms with E-state index in [-0.39, 0.29) is 32.2 Å². The molecule has 6 aliphatic rings. The van der Waals surface area contributed by atoms with Gasteiger partial charge in [0.25, 0.3) is 0 Å². The summed E-state index contributed by atoms with van der Waals surface area (Å²) < 4.78 is 15.4. The van der Waals surface area contributed by atoms with Gasteiger partial charge in [0, 0.05) is 32.5 Å². The Morgan fingerprint density at radius 1 is 0.425 bits per heavy atom. The molecule has 0 unspecified atom stereocenters. The molecule has 0 N–H and O–H groups in total. The Hall–Kier alpha value is -2.97. The van der Waals surface area contributed by atoms with Crippen LogP contribution in [0.5, 0.6) is 0 Å². The van der Waals surface area contributed by atoms with Crippen molar-refractivity contribution in [1.29, 1.82) is 0 Å². The average Bonchev–Trinajstić information content (AvgIpc) is 2.86. The maximum absolute atomic E-state index is 15.4. The fraction of sp³-hybridized carbons (Fsp3) is 0.368. The highest BCUT2D eigenvalue weighted by molar-refractivity contribution is 7.87. The van der Waals surface area contributed by atoms with Crippen LogP contribution < -0.4 is 0 Å². The standard InChI is InChI=1S/C38H38OS/c1-25-5-13-29(14-6-25)35-21-36(22-35,30-15-7-26(2)8-16-30)33(35)40(39)34-37(31-17-9-27(3)10-18-31)23-38(34,24-37)32-19-11-28(4)12-20-32/h5-20,33-34H,21-24H2,1-4H3. The zero-order valence-corrected chi connectivity index (χ0v) is 24.9. The molecule has 6 saturated carbocycles. The minimum atomic E-state index is -0.977. The van der Waals surface area contributed by atoms with Crippen LogP contribution in [0.4, 0.5) is 0 Å². The van der Waals surface area contributed by atoms with Gasteiger partial charge >= 0.3 is 0 Å². The summed E-state index contributed by atoms with van der Waals surface area (Å²) in [5.74, 6) is 0. The van der Waals surface area contributed by atoms with E-state index in [1.807, 2.05) is 0 Å². The maximum atomic E-state index is 15.4. The molecule has 0 aromatic heterocycles. The van der Waals surface area contributed by atoms with E-state index < -0.39 is 10.8 Å². The summed E-state index contributed by atoms with van der Waals surface area (Å²) in [6, 6.07) is 36.6. The molecule has 0 heterocycles. The van der Waals surface area contributed by atoms with Gasteiger partial charge in [0.2, 0.25) is 0 Å². The van der Waals surface area contributed by atoms with Gasteiger partial charge in [0.15, 0.2) is 0 Å². The molecule has 2 heteroatoms. The van der Waals surface area contributed by atoms with E-state index in [9.17, 15) is 0 Å². The third-order valence-electron chi connectivity index (χ3n) is 11.5. The van der Waals surface area contributed by atoms with Gasteiger partial charge in [-0.2, -0.15) is 0 Å². The van der Waals surface area contributed by atoms with Gasteiger partial charge in [0.1, 0.15) is 0 Å². The van der Waals surface area contributed by atoms with Crippen LogP contribution in [0, 0.1) is 27.7 Å². The smallest absolute Gasteiger partial charge is 0.0546 e. The third kappa shape index (κ3) is 2.96. The van der Waals surface area contributed by atoms with Crippen molar-refractivity contribution in [2.75, 3.05) is 0 Å². The first-order chi connectivity index (χ1) is 19.2. The van der Waals surface area contributed by atoms with Crippen molar-refractivity contribution in [2.45, 2.75) is 85.5 Å². The summed E-state index contributed by atoms with van der Waals surface area (Å²) >= 11 is 0. The van der Waals surface area contributed by atoms with E-state index in [2.05, 4.69) is 125 Å². The Balaban J connectivity index is 1.24. The second kappa shape index (κ2) is 8.07. The molecule has 4 bridgehead atoms. The predicted octanol–water partition coefficient (Wildman–Crippen LogP) is 8.07. The quantitative estimate of drug-likeness (QED) is 0.241. The highest BCUT2D eigenvalue weighted by atomic mass is 32.2. The van der Waals surface area contributed by atoms with Crippen LogP contribution >= 0.6 is 0 Å². The topological polar surface area (TPSA) is 17.1 Å². The molecule has 0 radical (unpaired) electrons. The van der Waals surface area contributed by atoms with Crippen molar-refractivity contribution in [1.82, 2.24) is 0 Å². The molecule has 4 aromatic carbocycles. The van der Waals surface area contributed by atoms with Crippen LogP contribution in [0.25, 0.3) is 0 Å². The minimum Gasteiger partial charge on any atom is -0.259 e. The summed E-state index contributed by atoms with van der Waals surface area (Å²) in [7, 11) is -0.977. The number of aryl methyl sites for hydroxylation is 4. The Morgan fingerprint density at radius 2 is 0.625 bits per heavy atom. The van der Waals surface area contributed by atoms with E-state index in [0.29, 0.717) is 0 Å². The highest BCUT2D eigenvalue weighted by Gasteiger charge is 2.84. The maximum Gasteiger partial charge on any atom is 0.0546 e. The van der Waals surface area contributed by atoms with Gasteiger partial charge in [-0.25, -0.2) is 0 Å². The third-order valence-corrected chi connectivity index (χ3v) is 14.2. The summed E-state index contributed by atoms with van der Waals surface area (Å²) in [5.41, 5.74) is 10.8. The number of rotatable bonds is 6. The van der Waals surface area contributed by atoms with Crippen molar-refractivity contribution in [3.8, 4) is 0 Å². The Bertz CT molecular complexity index is 1390. The molecule has 0 spiro atoms. The Morgan fingerprint density at radius 3 is 0.825 bits per heavy atom. The molecular weight excluding hydrogens is 504 g/mol. The molecule has 0 amide bonds. The molecule has 10 rings (SSSR count). The minimum absolute atomic E-state index is 0.0222. The van der Waals surface area contributed by atoms with Crippen LogP contribution in [0.15, 0.2) is 97.1 Å². The lowest BCUT2D eigenvalue weighted by Gasteiger charge is -2.81. The van der Waals surface area contributed by atoms with Gasteiger partial charge in [-0.3, -0.25) is 4.21 Å². The molecule has 0 atom stereocenters. The summed E-state index contributed by atoms with van der Waals surface area (Å²) in [6.07, 6.45) is 4.46. The first-order valence-corrected chi connectivity index (χ1v) is 16.2. The fourth-order valence-corrected chi connectivity index (χ4v) is 12.7. The zero-order valence-electron chi connectivity index (χ0n) is 24.0. The molecule has 0 saturated heterocycles. The Labute approximate surface area is 241 Å². The molecular formula is C38H38OS. The van der Waals surface area contributed by atoms with Gasteiger partial charge in [-0.15, -0.1) is 0 Å². The number of benzene rings is 4. The largest absolute Gasteiger partial charge is 0.259 e. The number of hydrogen-bond donors (Lipinski definition) is 0. The van der Waals surface area contributed by atoms with E-state index >= 15 is 4.21 Å². The second-order valence-electron chi connectivity index (χ2n) is 13.9. The van der Waals surface area contributed by atoms with Crippen LogP contribution in [0.3, 0.4) is 0 Å². The van der Waals surface area contributed by atoms with E-state index in [1.54, 1.807) is 0 Å². The normalized spacial score (nSPS) is 35.5. The van der Waals surface area contributed by atoms with Gasteiger partial charge in [-0.05, 0) is 75.6 Å². The lowest BCUT2D eigenvalue weighted by molar-refractivity contribution is -0.0787. The molecule has 6 fully saturated rings. The van der Waals surface area contributed by atoms with Crippen LogP contribution in [-0.4, -0.2) is 14.7 Å². The van der Waals surface area contributed by atoms with Crippen LogP contribution in [0.2, 0.25) is 0 Å².